The van der Waals surface area contributed by atoms with Crippen LogP contribution in [0, 0.1) is 27.8 Å². The average molecular weight is 416 g/mol. The van der Waals surface area contributed by atoms with Crippen LogP contribution in [0.1, 0.15) is 22.6 Å². The first kappa shape index (κ1) is 20.1. The van der Waals surface area contributed by atoms with E-state index in [1.165, 1.54) is 6.07 Å². The van der Waals surface area contributed by atoms with Crippen molar-refractivity contribution >= 4 is 11.8 Å². The van der Waals surface area contributed by atoms with Gasteiger partial charge in [-0.05, 0) is 34.4 Å². The second-order valence-corrected chi connectivity index (χ2v) is 6.90. The zero-order chi connectivity index (χ0) is 21.8. The lowest BCUT2D eigenvalue weighted by atomic mass is 9.98. The highest BCUT2D eigenvalue weighted by molar-refractivity contribution is 5.79. The number of alkyl carbamates (subject to hydrolysis) is 1. The number of carbonyl (C=O) groups excluding carboxylic acids is 1. The van der Waals surface area contributed by atoms with Crippen molar-refractivity contribution in [3.63, 3.8) is 0 Å². The van der Waals surface area contributed by atoms with Gasteiger partial charge < -0.3 is 10.1 Å². The molecule has 0 heterocycles. The number of carbonyl (C=O) groups is 1. The second kappa shape index (κ2) is 8.67. The quantitative estimate of drug-likeness (QED) is 0.382. The molecular formula is C24H17FN2O4. The van der Waals surface area contributed by atoms with Crippen molar-refractivity contribution in [2.24, 2.45) is 0 Å². The van der Waals surface area contributed by atoms with Crippen LogP contribution >= 0.6 is 0 Å². The van der Waals surface area contributed by atoms with Crippen molar-refractivity contribution in [3.8, 4) is 23.0 Å². The van der Waals surface area contributed by atoms with Gasteiger partial charge in [-0.25, -0.2) is 9.18 Å². The predicted octanol–water partition coefficient (Wildman–Crippen LogP) is 4.62. The minimum Gasteiger partial charge on any atom is -0.449 e. The van der Waals surface area contributed by atoms with Gasteiger partial charge in [-0.1, -0.05) is 60.4 Å². The number of hydrogen-bond donors (Lipinski definition) is 1. The maximum Gasteiger partial charge on any atom is 0.407 e. The Balaban J connectivity index is 1.37. The number of nitro groups is 1. The van der Waals surface area contributed by atoms with Crippen LogP contribution in [0.2, 0.25) is 0 Å². The SMILES string of the molecule is O=C(NCC#Cc1ccc(F)cc1[N+](=O)[O-])OCC1c2ccccc2-c2ccccc21. The number of nitro benzene ring substituents is 1. The van der Waals surface area contributed by atoms with Gasteiger partial charge in [0.1, 0.15) is 18.0 Å². The fourth-order valence-electron chi connectivity index (χ4n) is 3.67. The van der Waals surface area contributed by atoms with E-state index in [2.05, 4.69) is 29.3 Å². The highest BCUT2D eigenvalue weighted by atomic mass is 19.1. The summed E-state index contributed by atoms with van der Waals surface area (Å²) in [4.78, 5) is 22.4. The first-order chi connectivity index (χ1) is 15.0. The van der Waals surface area contributed by atoms with Gasteiger partial charge in [-0.3, -0.25) is 10.1 Å². The molecule has 3 aromatic carbocycles. The van der Waals surface area contributed by atoms with E-state index in [9.17, 15) is 19.3 Å². The maximum absolute atomic E-state index is 13.2. The number of rotatable bonds is 4. The molecule has 6 nitrogen and oxygen atoms in total. The number of nitrogens with zero attached hydrogens (tertiary/aromatic N) is 1. The van der Waals surface area contributed by atoms with E-state index in [1.807, 2.05) is 36.4 Å². The molecule has 0 bridgehead atoms. The van der Waals surface area contributed by atoms with Crippen LogP contribution < -0.4 is 5.32 Å². The van der Waals surface area contributed by atoms with E-state index in [1.54, 1.807) is 0 Å². The van der Waals surface area contributed by atoms with Crippen LogP contribution in [0.5, 0.6) is 0 Å². The highest BCUT2D eigenvalue weighted by Gasteiger charge is 2.28. The van der Waals surface area contributed by atoms with E-state index >= 15 is 0 Å². The van der Waals surface area contributed by atoms with E-state index < -0.39 is 22.5 Å². The molecular weight excluding hydrogens is 399 g/mol. The number of hydrogen-bond acceptors (Lipinski definition) is 4. The lowest BCUT2D eigenvalue weighted by molar-refractivity contribution is -0.385. The molecule has 0 aromatic heterocycles. The summed E-state index contributed by atoms with van der Waals surface area (Å²) in [5.41, 5.74) is 4.15. The van der Waals surface area contributed by atoms with E-state index in [0.717, 1.165) is 34.4 Å². The molecule has 31 heavy (non-hydrogen) atoms. The first-order valence-corrected chi connectivity index (χ1v) is 9.56. The third-order valence-electron chi connectivity index (χ3n) is 5.04. The van der Waals surface area contributed by atoms with Crippen LogP contribution in [0.15, 0.2) is 66.7 Å². The molecule has 0 radical (unpaired) electrons. The van der Waals surface area contributed by atoms with E-state index in [0.29, 0.717) is 0 Å². The van der Waals surface area contributed by atoms with Gasteiger partial charge >= 0.3 is 6.09 Å². The van der Waals surface area contributed by atoms with Gasteiger partial charge in [0.25, 0.3) is 5.69 Å². The molecule has 0 saturated carbocycles. The van der Waals surface area contributed by atoms with Gasteiger partial charge in [0.05, 0.1) is 17.5 Å². The molecule has 1 aliphatic carbocycles. The zero-order valence-corrected chi connectivity index (χ0v) is 16.3. The second-order valence-electron chi connectivity index (χ2n) is 6.90. The molecule has 0 spiro atoms. The van der Waals surface area contributed by atoms with Crippen molar-refractivity contribution < 1.29 is 18.8 Å². The largest absolute Gasteiger partial charge is 0.449 e. The number of benzene rings is 3. The summed E-state index contributed by atoms with van der Waals surface area (Å²) >= 11 is 0. The van der Waals surface area contributed by atoms with E-state index in [-0.39, 0.29) is 24.6 Å². The molecule has 1 amide bonds. The number of amides is 1. The fraction of sp³-hybridized carbons (Fsp3) is 0.125. The summed E-state index contributed by atoms with van der Waals surface area (Å²) < 4.78 is 18.6. The van der Waals surface area contributed by atoms with Crippen molar-refractivity contribution in [2.45, 2.75) is 5.92 Å². The number of halogens is 1. The third kappa shape index (κ3) is 4.23. The Bertz CT molecular complexity index is 1180. The smallest absolute Gasteiger partial charge is 0.407 e. The van der Waals surface area contributed by atoms with Crippen LogP contribution in [-0.4, -0.2) is 24.2 Å². The minimum absolute atomic E-state index is 0.0499. The van der Waals surface area contributed by atoms with Gasteiger partial charge in [-0.2, -0.15) is 0 Å². The Labute approximate surface area is 177 Å². The van der Waals surface area contributed by atoms with Gasteiger partial charge in [0.2, 0.25) is 0 Å². The normalized spacial score (nSPS) is 11.6. The maximum atomic E-state index is 13.2. The Morgan fingerprint density at radius 3 is 2.35 bits per heavy atom. The average Bonchev–Trinajstić information content (AvgIpc) is 3.10. The van der Waals surface area contributed by atoms with Gasteiger partial charge in [0, 0.05) is 5.92 Å². The molecule has 7 heteroatoms. The van der Waals surface area contributed by atoms with Crippen molar-refractivity contribution in [3.05, 3.63) is 99.4 Å². The molecule has 4 rings (SSSR count). The topological polar surface area (TPSA) is 81.5 Å². The Morgan fingerprint density at radius 1 is 1.06 bits per heavy atom. The summed E-state index contributed by atoms with van der Waals surface area (Å²) in [7, 11) is 0. The monoisotopic (exact) mass is 416 g/mol. The van der Waals surface area contributed by atoms with Crippen molar-refractivity contribution in [2.75, 3.05) is 13.2 Å². The predicted molar refractivity (Wildman–Crippen MR) is 113 cm³/mol. The highest BCUT2D eigenvalue weighted by Crippen LogP contribution is 2.44. The van der Waals surface area contributed by atoms with Gasteiger partial charge in [-0.15, -0.1) is 0 Å². The summed E-state index contributed by atoms with van der Waals surface area (Å²) in [6, 6.07) is 19.2. The molecule has 1 aliphatic rings. The molecule has 154 valence electrons. The molecule has 3 aromatic rings. The molecule has 1 N–H and O–H groups in total. The third-order valence-corrected chi connectivity index (χ3v) is 5.04. The van der Waals surface area contributed by atoms with Crippen LogP contribution in [0.3, 0.4) is 0 Å². The lowest BCUT2D eigenvalue weighted by Gasteiger charge is -2.14. The van der Waals surface area contributed by atoms with Gasteiger partial charge in [0.15, 0.2) is 0 Å². The number of fused-ring (bicyclic) bond motifs is 3. The Kier molecular flexibility index (Phi) is 5.63. The molecule has 0 unspecified atom stereocenters. The zero-order valence-electron chi connectivity index (χ0n) is 16.3. The number of ether oxygens (including phenoxy) is 1. The number of nitrogens with one attached hydrogen (secondary N) is 1. The first-order valence-electron chi connectivity index (χ1n) is 9.56. The fourth-order valence-corrected chi connectivity index (χ4v) is 3.67. The summed E-state index contributed by atoms with van der Waals surface area (Å²) in [5.74, 6) is 4.43. The standard InChI is InChI=1S/C24H17FN2O4/c25-17-12-11-16(23(14-17)27(29)30)6-5-13-26-24(28)31-15-22-20-9-3-1-7-18(20)19-8-2-4-10-21(19)22/h1-4,7-12,14,22H,13,15H2,(H,26,28). The summed E-state index contributed by atoms with van der Waals surface area (Å²) in [5, 5.41) is 13.5. The molecule has 0 aliphatic heterocycles. The molecule has 0 fully saturated rings. The van der Waals surface area contributed by atoms with Crippen LogP contribution in [0.4, 0.5) is 14.9 Å². The van der Waals surface area contributed by atoms with Crippen molar-refractivity contribution in [1.29, 1.82) is 0 Å². The summed E-state index contributed by atoms with van der Waals surface area (Å²) in [6.45, 7) is 0.113. The Hall–Kier alpha value is -4.18. The van der Waals surface area contributed by atoms with Crippen LogP contribution in [-0.2, 0) is 4.74 Å². The lowest BCUT2D eigenvalue weighted by Crippen LogP contribution is -2.26. The minimum atomic E-state index is -0.714. The summed E-state index contributed by atoms with van der Waals surface area (Å²) in [6.07, 6.45) is -0.634. The molecule has 0 saturated heterocycles. The Morgan fingerprint density at radius 2 is 1.71 bits per heavy atom. The van der Waals surface area contributed by atoms with E-state index in [4.69, 9.17) is 4.74 Å². The molecule has 0 atom stereocenters. The van der Waals surface area contributed by atoms with Crippen molar-refractivity contribution in [1.82, 2.24) is 5.32 Å². The van der Waals surface area contributed by atoms with Crippen LogP contribution in [0.25, 0.3) is 11.1 Å².